The molecule has 0 radical (unpaired) electrons. The zero-order valence-corrected chi connectivity index (χ0v) is 18.0. The van der Waals surface area contributed by atoms with Crippen molar-refractivity contribution in [2.45, 2.75) is 30.5 Å². The Kier molecular flexibility index (Phi) is 6.21. The van der Waals surface area contributed by atoms with Crippen molar-refractivity contribution in [3.05, 3.63) is 72.2 Å². The fraction of sp³-hybridized carbons (Fsp3) is 0.286. The number of nitrogens with zero attached hydrogens (tertiary/aromatic N) is 7. The molecule has 1 fully saturated rings. The molecule has 5 atom stereocenters. The second-order valence-electron chi connectivity index (χ2n) is 8.01. The van der Waals surface area contributed by atoms with Crippen LogP contribution in [0, 0.1) is 23.3 Å². The molecular weight excluding hydrogens is 490 g/mol. The Morgan fingerprint density at radius 1 is 0.972 bits per heavy atom. The van der Waals surface area contributed by atoms with Crippen molar-refractivity contribution >= 4 is 0 Å². The lowest BCUT2D eigenvalue weighted by atomic mass is 9.92. The Balaban J connectivity index is 1.52. The van der Waals surface area contributed by atoms with Crippen LogP contribution in [0.2, 0.25) is 0 Å². The van der Waals surface area contributed by atoms with Gasteiger partial charge in [-0.1, -0.05) is 5.21 Å². The van der Waals surface area contributed by atoms with Crippen LogP contribution in [0.4, 0.5) is 17.6 Å². The Labute approximate surface area is 199 Å². The summed E-state index contributed by atoms with van der Waals surface area (Å²) in [7, 11) is 0. The third-order valence-electron chi connectivity index (χ3n) is 5.78. The summed E-state index contributed by atoms with van der Waals surface area (Å²) in [5.41, 5.74) is 0.00418. The topological polar surface area (TPSA) is 144 Å². The van der Waals surface area contributed by atoms with Crippen LogP contribution >= 0.6 is 0 Å². The molecule has 1 saturated heterocycles. The van der Waals surface area contributed by atoms with Crippen LogP contribution in [-0.4, -0.2) is 75.0 Å². The van der Waals surface area contributed by atoms with E-state index in [1.807, 2.05) is 0 Å². The first-order valence-corrected chi connectivity index (χ1v) is 10.5. The van der Waals surface area contributed by atoms with Crippen molar-refractivity contribution in [2.24, 2.45) is 0 Å². The number of halogens is 4. The fourth-order valence-electron chi connectivity index (χ4n) is 4.06. The van der Waals surface area contributed by atoms with E-state index >= 15 is 0 Å². The van der Waals surface area contributed by atoms with Gasteiger partial charge in [0, 0.05) is 11.6 Å². The maximum atomic E-state index is 13.7. The Bertz CT molecular complexity index is 1380. The predicted octanol–water partition coefficient (Wildman–Crippen LogP) is 0.872. The number of hydrogen-bond acceptors (Lipinski definition) is 9. The summed E-state index contributed by atoms with van der Waals surface area (Å²) in [5, 5.41) is 47.1. The molecule has 1 aromatic carbocycles. The van der Waals surface area contributed by atoms with Gasteiger partial charge in [0.15, 0.2) is 23.3 Å². The SMILES string of the molecule is OC[C@H]1O[C@@H](c2nncn2-c2cncc(F)c2)[C@H](O)[C@@H](n2cc(-c3cc(F)c(F)c(F)c3)nn2)[C@H]1O. The summed E-state index contributed by atoms with van der Waals surface area (Å²) in [5.74, 6) is -5.14. The maximum Gasteiger partial charge on any atom is 0.194 e. The highest BCUT2D eigenvalue weighted by atomic mass is 19.2. The Morgan fingerprint density at radius 2 is 1.72 bits per heavy atom. The second kappa shape index (κ2) is 9.34. The van der Waals surface area contributed by atoms with E-state index in [0.29, 0.717) is 0 Å². The molecule has 36 heavy (non-hydrogen) atoms. The van der Waals surface area contributed by atoms with Crippen LogP contribution in [0.5, 0.6) is 0 Å². The summed E-state index contributed by atoms with van der Waals surface area (Å²) in [6.45, 7) is -0.660. The number of benzene rings is 1. The van der Waals surface area contributed by atoms with Gasteiger partial charge in [-0.15, -0.1) is 15.3 Å². The number of rotatable bonds is 5. The highest BCUT2D eigenvalue weighted by Crippen LogP contribution is 2.38. The largest absolute Gasteiger partial charge is 0.394 e. The van der Waals surface area contributed by atoms with Gasteiger partial charge >= 0.3 is 0 Å². The van der Waals surface area contributed by atoms with E-state index in [1.54, 1.807) is 0 Å². The van der Waals surface area contributed by atoms with E-state index in [9.17, 15) is 32.9 Å². The Morgan fingerprint density at radius 3 is 2.42 bits per heavy atom. The standard InChI is InChI=1S/C21H17F4N7O4/c22-10-3-11(5-26-4-10)31-8-27-29-21(31)20-19(35)17(18(34)15(7-33)36-20)32-6-14(28-30-32)9-1-12(23)16(25)13(24)2-9/h1-6,8,15,17-20,33-35H,7H2/t15-,17+,18+,19-,20-/m1/s1. The number of pyridine rings is 1. The monoisotopic (exact) mass is 507 g/mol. The van der Waals surface area contributed by atoms with E-state index in [0.717, 1.165) is 29.1 Å². The molecular formula is C21H17F4N7O4. The van der Waals surface area contributed by atoms with Crippen LogP contribution in [0.25, 0.3) is 16.9 Å². The van der Waals surface area contributed by atoms with Crippen molar-refractivity contribution in [3.63, 3.8) is 0 Å². The zero-order chi connectivity index (χ0) is 25.6. The normalized spacial score (nSPS) is 24.2. The fourth-order valence-corrected chi connectivity index (χ4v) is 4.06. The minimum atomic E-state index is -1.65. The number of aliphatic hydroxyl groups excluding tert-OH is 3. The van der Waals surface area contributed by atoms with Crippen molar-refractivity contribution in [2.75, 3.05) is 6.61 Å². The van der Waals surface area contributed by atoms with Gasteiger partial charge in [-0.25, -0.2) is 22.2 Å². The molecule has 11 nitrogen and oxygen atoms in total. The summed E-state index contributed by atoms with van der Waals surface area (Å²) < 4.78 is 62.5. The lowest BCUT2D eigenvalue weighted by Gasteiger charge is -2.41. The molecule has 3 aromatic heterocycles. The molecule has 15 heteroatoms. The predicted molar refractivity (Wildman–Crippen MR) is 110 cm³/mol. The second-order valence-corrected chi connectivity index (χ2v) is 8.01. The highest BCUT2D eigenvalue weighted by molar-refractivity contribution is 5.58. The minimum absolute atomic E-state index is 0.00765. The highest BCUT2D eigenvalue weighted by Gasteiger charge is 2.48. The summed E-state index contributed by atoms with van der Waals surface area (Å²) >= 11 is 0. The molecule has 4 aromatic rings. The smallest absolute Gasteiger partial charge is 0.194 e. The van der Waals surface area contributed by atoms with Gasteiger partial charge in [0.1, 0.15) is 48.3 Å². The molecule has 0 bridgehead atoms. The van der Waals surface area contributed by atoms with E-state index in [2.05, 4.69) is 25.5 Å². The molecule has 1 aliphatic rings. The van der Waals surface area contributed by atoms with Crippen molar-refractivity contribution in [1.82, 2.24) is 34.7 Å². The zero-order valence-electron chi connectivity index (χ0n) is 18.0. The van der Waals surface area contributed by atoms with Gasteiger partial charge in [-0.05, 0) is 12.1 Å². The lowest BCUT2D eigenvalue weighted by Crippen LogP contribution is -2.53. The van der Waals surface area contributed by atoms with Gasteiger partial charge in [-0.3, -0.25) is 9.55 Å². The minimum Gasteiger partial charge on any atom is -0.394 e. The molecule has 188 valence electrons. The summed E-state index contributed by atoms with van der Waals surface area (Å²) in [6, 6.07) is 1.31. The van der Waals surface area contributed by atoms with Crippen LogP contribution in [0.3, 0.4) is 0 Å². The van der Waals surface area contributed by atoms with Crippen LogP contribution in [0.15, 0.2) is 43.1 Å². The molecule has 1 aliphatic heterocycles. The molecule has 3 N–H and O–H groups in total. The number of ether oxygens (including phenoxy) is 1. The average Bonchev–Trinajstić information content (AvgIpc) is 3.53. The van der Waals surface area contributed by atoms with Gasteiger partial charge in [0.25, 0.3) is 0 Å². The quantitative estimate of drug-likeness (QED) is 0.265. The van der Waals surface area contributed by atoms with E-state index in [-0.39, 0.29) is 22.8 Å². The molecule has 0 amide bonds. The first-order valence-electron chi connectivity index (χ1n) is 10.5. The first-order chi connectivity index (χ1) is 17.3. The summed E-state index contributed by atoms with van der Waals surface area (Å²) in [6.07, 6.45) is -0.863. The van der Waals surface area contributed by atoms with E-state index in [1.165, 1.54) is 23.3 Å². The van der Waals surface area contributed by atoms with Crippen molar-refractivity contribution in [1.29, 1.82) is 0 Å². The third-order valence-corrected chi connectivity index (χ3v) is 5.78. The van der Waals surface area contributed by atoms with Crippen LogP contribution < -0.4 is 0 Å². The third kappa shape index (κ3) is 4.11. The molecule has 0 spiro atoms. The molecule has 4 heterocycles. The maximum absolute atomic E-state index is 13.7. The first kappa shape index (κ1) is 23.9. The molecule has 0 unspecified atom stereocenters. The lowest BCUT2D eigenvalue weighted by molar-refractivity contribution is -0.210. The van der Waals surface area contributed by atoms with Crippen LogP contribution in [0.1, 0.15) is 18.0 Å². The number of aliphatic hydroxyl groups is 3. The Hall–Kier alpha value is -3.79. The van der Waals surface area contributed by atoms with Gasteiger partial charge in [0.05, 0.1) is 30.9 Å². The van der Waals surface area contributed by atoms with Gasteiger partial charge in [-0.2, -0.15) is 0 Å². The number of aromatic nitrogens is 7. The van der Waals surface area contributed by atoms with E-state index in [4.69, 9.17) is 4.74 Å². The molecule has 0 aliphatic carbocycles. The van der Waals surface area contributed by atoms with Crippen molar-refractivity contribution < 1.29 is 37.6 Å². The van der Waals surface area contributed by atoms with Gasteiger partial charge in [0.2, 0.25) is 0 Å². The van der Waals surface area contributed by atoms with Gasteiger partial charge < -0.3 is 20.1 Å². The molecule has 5 rings (SSSR count). The average molecular weight is 507 g/mol. The van der Waals surface area contributed by atoms with E-state index < -0.39 is 60.3 Å². The number of hydrogen-bond donors (Lipinski definition) is 3. The summed E-state index contributed by atoms with van der Waals surface area (Å²) in [4.78, 5) is 3.77. The van der Waals surface area contributed by atoms with Crippen molar-refractivity contribution in [3.8, 4) is 16.9 Å². The molecule has 0 saturated carbocycles. The van der Waals surface area contributed by atoms with Crippen LogP contribution in [-0.2, 0) is 4.74 Å².